The van der Waals surface area contributed by atoms with Gasteiger partial charge in [0.15, 0.2) is 5.82 Å². The molecular weight excluding hydrogens is 218 g/mol. The van der Waals surface area contributed by atoms with E-state index in [0.717, 1.165) is 0 Å². The van der Waals surface area contributed by atoms with Crippen LogP contribution >= 0.6 is 11.6 Å². The highest BCUT2D eigenvalue weighted by Gasteiger charge is 2.09. The minimum atomic E-state index is -0.247. The number of aromatic nitrogens is 1. The van der Waals surface area contributed by atoms with Gasteiger partial charge >= 0.3 is 0 Å². The third-order valence-electron chi connectivity index (χ3n) is 1.82. The number of ether oxygens (including phenoxy) is 1. The van der Waals surface area contributed by atoms with Gasteiger partial charge in [-0.1, -0.05) is 11.6 Å². The zero-order valence-corrected chi connectivity index (χ0v) is 9.16. The Balaban J connectivity index is 2.73. The molecule has 1 rings (SSSR count). The van der Waals surface area contributed by atoms with Crippen molar-refractivity contribution in [3.8, 4) is 0 Å². The van der Waals surface area contributed by atoms with Crippen LogP contribution in [0.2, 0.25) is 5.15 Å². The molecule has 0 saturated carbocycles. The lowest BCUT2D eigenvalue weighted by atomic mass is 10.3. The fraction of sp³-hybridized carbons (Fsp3) is 0.444. The van der Waals surface area contributed by atoms with Crippen LogP contribution in [0.4, 0.5) is 11.5 Å². The molecule has 0 fully saturated rings. The molecule has 0 bridgehead atoms. The minimum Gasteiger partial charge on any atom is -0.396 e. The molecule has 0 aromatic carbocycles. The van der Waals surface area contributed by atoms with Crippen molar-refractivity contribution in [1.82, 2.24) is 4.98 Å². The lowest BCUT2D eigenvalue weighted by Crippen LogP contribution is -2.29. The van der Waals surface area contributed by atoms with E-state index in [1.165, 1.54) is 0 Å². The topological polar surface area (TPSA) is 80.4 Å². The predicted molar refractivity (Wildman–Crippen MR) is 60.0 cm³/mol. The SMILES string of the molecule is COCC(CO)Nc1nc(Cl)ccc1N. The molecular formula is C9H14ClN3O2. The first-order valence-electron chi connectivity index (χ1n) is 4.45. The summed E-state index contributed by atoms with van der Waals surface area (Å²) in [6.07, 6.45) is 0. The summed E-state index contributed by atoms with van der Waals surface area (Å²) in [7, 11) is 1.55. The van der Waals surface area contributed by atoms with Crippen molar-refractivity contribution in [2.45, 2.75) is 6.04 Å². The number of nitrogen functional groups attached to an aromatic ring is 1. The first kappa shape index (κ1) is 12.0. The van der Waals surface area contributed by atoms with E-state index in [2.05, 4.69) is 10.3 Å². The molecule has 4 N–H and O–H groups in total. The van der Waals surface area contributed by atoms with E-state index >= 15 is 0 Å². The minimum absolute atomic E-state index is 0.0680. The number of hydrogen-bond acceptors (Lipinski definition) is 5. The van der Waals surface area contributed by atoms with E-state index in [9.17, 15) is 0 Å². The smallest absolute Gasteiger partial charge is 0.151 e. The Kier molecular flexibility index (Phi) is 4.61. The number of pyridine rings is 1. The Labute approximate surface area is 93.2 Å². The van der Waals surface area contributed by atoms with Crippen LogP contribution in [0.5, 0.6) is 0 Å². The van der Waals surface area contributed by atoms with Crippen molar-refractivity contribution in [2.24, 2.45) is 0 Å². The van der Waals surface area contributed by atoms with Gasteiger partial charge in [-0.2, -0.15) is 0 Å². The van der Waals surface area contributed by atoms with Crippen LogP contribution in [0.1, 0.15) is 0 Å². The fourth-order valence-corrected chi connectivity index (χ4v) is 1.24. The van der Waals surface area contributed by atoms with Gasteiger partial charge in [-0.05, 0) is 12.1 Å². The van der Waals surface area contributed by atoms with Crippen LogP contribution in [0.15, 0.2) is 12.1 Å². The second-order valence-corrected chi connectivity index (χ2v) is 3.44. The van der Waals surface area contributed by atoms with E-state index in [4.69, 9.17) is 27.2 Å². The van der Waals surface area contributed by atoms with Gasteiger partial charge < -0.3 is 20.9 Å². The Hall–Kier alpha value is -1.04. The van der Waals surface area contributed by atoms with Crippen molar-refractivity contribution in [3.63, 3.8) is 0 Å². The van der Waals surface area contributed by atoms with Gasteiger partial charge in [0.05, 0.1) is 24.9 Å². The maximum atomic E-state index is 9.03. The maximum Gasteiger partial charge on any atom is 0.151 e. The van der Waals surface area contributed by atoms with Crippen molar-refractivity contribution < 1.29 is 9.84 Å². The Morgan fingerprint density at radius 1 is 1.67 bits per heavy atom. The number of rotatable bonds is 5. The summed E-state index contributed by atoms with van der Waals surface area (Å²) in [6, 6.07) is 3.01. The molecule has 0 spiro atoms. The van der Waals surface area contributed by atoms with E-state index in [1.54, 1.807) is 19.2 Å². The number of anilines is 2. The average Bonchev–Trinajstić information content (AvgIpc) is 2.22. The number of methoxy groups -OCH3 is 1. The van der Waals surface area contributed by atoms with Gasteiger partial charge in [-0.15, -0.1) is 0 Å². The molecule has 0 saturated heterocycles. The highest BCUT2D eigenvalue weighted by atomic mass is 35.5. The summed E-state index contributed by atoms with van der Waals surface area (Å²) in [5.74, 6) is 0.457. The lowest BCUT2D eigenvalue weighted by molar-refractivity contribution is 0.153. The molecule has 1 aromatic heterocycles. The molecule has 1 heterocycles. The highest BCUT2D eigenvalue weighted by Crippen LogP contribution is 2.18. The number of hydrogen-bond donors (Lipinski definition) is 3. The summed E-state index contributed by atoms with van der Waals surface area (Å²) in [5.41, 5.74) is 6.16. The molecule has 0 aliphatic carbocycles. The monoisotopic (exact) mass is 231 g/mol. The number of nitrogens with zero attached hydrogens (tertiary/aromatic N) is 1. The van der Waals surface area contributed by atoms with E-state index < -0.39 is 0 Å². The number of nitrogens with two attached hydrogens (primary N) is 1. The molecule has 0 aliphatic rings. The van der Waals surface area contributed by atoms with Gasteiger partial charge in [0.1, 0.15) is 5.15 Å². The average molecular weight is 232 g/mol. The zero-order chi connectivity index (χ0) is 11.3. The van der Waals surface area contributed by atoms with Gasteiger partial charge in [-0.25, -0.2) is 4.98 Å². The zero-order valence-electron chi connectivity index (χ0n) is 8.40. The van der Waals surface area contributed by atoms with Gasteiger partial charge in [0.2, 0.25) is 0 Å². The molecule has 0 aliphatic heterocycles. The maximum absolute atomic E-state index is 9.03. The first-order valence-corrected chi connectivity index (χ1v) is 4.83. The standard InChI is InChI=1S/C9H14ClN3O2/c1-15-5-6(4-14)12-9-7(11)2-3-8(10)13-9/h2-3,6,14H,4-5,11H2,1H3,(H,12,13). The van der Waals surface area contributed by atoms with E-state index in [1.807, 2.05) is 0 Å². The second-order valence-electron chi connectivity index (χ2n) is 3.05. The normalized spacial score (nSPS) is 12.5. The van der Waals surface area contributed by atoms with Gasteiger partial charge in [0.25, 0.3) is 0 Å². The predicted octanol–water partition coefficient (Wildman–Crippen LogP) is 0.736. The number of aliphatic hydroxyl groups excluding tert-OH is 1. The molecule has 0 radical (unpaired) electrons. The van der Waals surface area contributed by atoms with E-state index in [-0.39, 0.29) is 12.6 Å². The quantitative estimate of drug-likeness (QED) is 0.652. The molecule has 1 unspecified atom stereocenters. The van der Waals surface area contributed by atoms with Crippen molar-refractivity contribution in [2.75, 3.05) is 31.4 Å². The molecule has 1 atom stereocenters. The van der Waals surface area contributed by atoms with Crippen molar-refractivity contribution >= 4 is 23.1 Å². The number of halogens is 1. The van der Waals surface area contributed by atoms with Crippen LogP contribution < -0.4 is 11.1 Å². The summed E-state index contributed by atoms with van der Waals surface area (Å²) in [4.78, 5) is 4.01. The van der Waals surface area contributed by atoms with Gasteiger partial charge in [-0.3, -0.25) is 0 Å². The molecule has 1 aromatic rings. The van der Waals surface area contributed by atoms with E-state index in [0.29, 0.717) is 23.3 Å². The highest BCUT2D eigenvalue weighted by molar-refractivity contribution is 6.29. The number of aliphatic hydroxyl groups is 1. The van der Waals surface area contributed by atoms with Crippen molar-refractivity contribution in [3.05, 3.63) is 17.3 Å². The number of nitrogens with one attached hydrogen (secondary N) is 1. The van der Waals surface area contributed by atoms with Crippen LogP contribution in [-0.4, -0.2) is 36.5 Å². The third-order valence-corrected chi connectivity index (χ3v) is 2.03. The summed E-state index contributed by atoms with van der Waals surface area (Å²) in [5, 5.41) is 12.3. The third kappa shape index (κ3) is 3.54. The van der Waals surface area contributed by atoms with Crippen molar-refractivity contribution in [1.29, 1.82) is 0 Å². The summed E-state index contributed by atoms with van der Waals surface area (Å²) >= 11 is 5.72. The first-order chi connectivity index (χ1) is 7.17. The largest absolute Gasteiger partial charge is 0.396 e. The van der Waals surface area contributed by atoms with Crippen LogP contribution in [-0.2, 0) is 4.74 Å². The summed E-state index contributed by atoms with van der Waals surface area (Å²) in [6.45, 7) is 0.297. The molecule has 0 amide bonds. The van der Waals surface area contributed by atoms with Gasteiger partial charge in [0, 0.05) is 7.11 Å². The fourth-order valence-electron chi connectivity index (χ4n) is 1.10. The summed E-state index contributed by atoms with van der Waals surface area (Å²) < 4.78 is 4.91. The van der Waals surface area contributed by atoms with Crippen LogP contribution in [0.25, 0.3) is 0 Å². The Morgan fingerprint density at radius 3 is 3.00 bits per heavy atom. The van der Waals surface area contributed by atoms with Crippen LogP contribution in [0.3, 0.4) is 0 Å². The van der Waals surface area contributed by atoms with Crippen LogP contribution in [0, 0.1) is 0 Å². The Morgan fingerprint density at radius 2 is 2.40 bits per heavy atom. The molecule has 15 heavy (non-hydrogen) atoms. The lowest BCUT2D eigenvalue weighted by Gasteiger charge is -2.16. The molecule has 84 valence electrons. The Bertz CT molecular complexity index is 322. The molecule has 6 heteroatoms. The molecule has 5 nitrogen and oxygen atoms in total. The second kappa shape index (κ2) is 5.75.